The van der Waals surface area contributed by atoms with Crippen molar-refractivity contribution in [1.29, 1.82) is 0 Å². The molecule has 0 unspecified atom stereocenters. The summed E-state index contributed by atoms with van der Waals surface area (Å²) in [5.74, 6) is 1.15. The molecule has 2 aromatic rings. The molecule has 5 heteroatoms. The summed E-state index contributed by atoms with van der Waals surface area (Å²) in [6.07, 6.45) is 0.891. The van der Waals surface area contributed by atoms with Gasteiger partial charge in [0, 0.05) is 17.0 Å². The zero-order valence-corrected chi connectivity index (χ0v) is 11.3. The van der Waals surface area contributed by atoms with Crippen LogP contribution in [0.5, 0.6) is 0 Å². The molecule has 2 heterocycles. The van der Waals surface area contributed by atoms with E-state index in [9.17, 15) is 4.79 Å². The number of rotatable bonds is 5. The Balaban J connectivity index is 1.87. The highest BCUT2D eigenvalue weighted by molar-refractivity contribution is 7.08. The maximum Gasteiger partial charge on any atom is 0.252 e. The van der Waals surface area contributed by atoms with Crippen molar-refractivity contribution >= 4 is 17.2 Å². The maximum atomic E-state index is 11.7. The van der Waals surface area contributed by atoms with E-state index in [1.165, 1.54) is 11.3 Å². The highest BCUT2D eigenvalue weighted by atomic mass is 32.1. The van der Waals surface area contributed by atoms with Gasteiger partial charge in [-0.1, -0.05) is 19.0 Å². The van der Waals surface area contributed by atoms with Crippen molar-refractivity contribution in [2.24, 2.45) is 5.92 Å². The minimum atomic E-state index is -0.0851. The molecule has 0 radical (unpaired) electrons. The summed E-state index contributed by atoms with van der Waals surface area (Å²) in [7, 11) is 0. The number of carbonyl (C=O) groups is 1. The number of carbonyl (C=O) groups excluding carboxylic acids is 1. The van der Waals surface area contributed by atoms with Gasteiger partial charge >= 0.3 is 0 Å². The Morgan fingerprint density at radius 1 is 1.56 bits per heavy atom. The molecule has 1 N–H and O–H groups in total. The number of nitrogens with zero attached hydrogens (tertiary/aromatic N) is 1. The molecule has 96 valence electrons. The van der Waals surface area contributed by atoms with E-state index < -0.39 is 0 Å². The van der Waals surface area contributed by atoms with Crippen LogP contribution in [0.2, 0.25) is 0 Å². The molecule has 2 aromatic heterocycles. The number of hydrogen-bond donors (Lipinski definition) is 1. The van der Waals surface area contributed by atoms with Gasteiger partial charge in [0.1, 0.15) is 0 Å². The summed E-state index contributed by atoms with van der Waals surface area (Å²) in [6.45, 7) is 4.64. The molecule has 0 bridgehead atoms. The van der Waals surface area contributed by atoms with Gasteiger partial charge in [-0.3, -0.25) is 4.79 Å². The van der Waals surface area contributed by atoms with Crippen molar-refractivity contribution in [2.75, 3.05) is 0 Å². The van der Waals surface area contributed by atoms with E-state index in [-0.39, 0.29) is 5.91 Å². The molecule has 0 fully saturated rings. The lowest BCUT2D eigenvalue weighted by Gasteiger charge is -1.99. The van der Waals surface area contributed by atoms with Crippen molar-refractivity contribution in [3.05, 3.63) is 39.9 Å². The fourth-order valence-corrected chi connectivity index (χ4v) is 2.25. The second kappa shape index (κ2) is 5.82. The minimum Gasteiger partial charge on any atom is -0.359 e. The van der Waals surface area contributed by atoms with Crippen LogP contribution in [0.15, 0.2) is 27.4 Å². The summed E-state index contributed by atoms with van der Waals surface area (Å²) in [5, 5.41) is 10.5. The van der Waals surface area contributed by atoms with Crippen molar-refractivity contribution in [3.63, 3.8) is 0 Å². The third-order valence-electron chi connectivity index (χ3n) is 2.43. The monoisotopic (exact) mass is 264 g/mol. The first kappa shape index (κ1) is 12.8. The van der Waals surface area contributed by atoms with Crippen molar-refractivity contribution in [1.82, 2.24) is 10.5 Å². The molecule has 0 atom stereocenters. The average Bonchev–Trinajstić information content (AvgIpc) is 2.95. The summed E-state index contributed by atoms with van der Waals surface area (Å²) < 4.78 is 5.17. The van der Waals surface area contributed by atoms with E-state index >= 15 is 0 Å². The first-order valence-corrected chi connectivity index (χ1v) is 6.84. The van der Waals surface area contributed by atoms with Gasteiger partial charge in [0.15, 0.2) is 5.76 Å². The smallest absolute Gasteiger partial charge is 0.252 e. The Bertz CT molecular complexity index is 503. The van der Waals surface area contributed by atoms with Crippen LogP contribution in [0.4, 0.5) is 0 Å². The molecule has 0 aromatic carbocycles. The van der Waals surface area contributed by atoms with Crippen molar-refractivity contribution < 1.29 is 9.32 Å². The van der Waals surface area contributed by atoms with Crippen molar-refractivity contribution in [2.45, 2.75) is 26.8 Å². The number of hydrogen-bond acceptors (Lipinski definition) is 4. The lowest BCUT2D eigenvalue weighted by molar-refractivity contribution is 0.0947. The van der Waals surface area contributed by atoms with Crippen LogP contribution < -0.4 is 5.32 Å². The topological polar surface area (TPSA) is 55.1 Å². The fourth-order valence-electron chi connectivity index (χ4n) is 1.62. The first-order chi connectivity index (χ1) is 8.65. The first-order valence-electron chi connectivity index (χ1n) is 5.90. The summed E-state index contributed by atoms with van der Waals surface area (Å²) in [6, 6.07) is 3.69. The number of nitrogens with one attached hydrogen (secondary N) is 1. The molecule has 0 aliphatic heterocycles. The predicted octanol–water partition coefficient (Wildman–Crippen LogP) is 2.86. The highest BCUT2D eigenvalue weighted by Crippen LogP contribution is 2.10. The standard InChI is InChI=1S/C13H16N2O2S/c1-9(2)5-11-6-12(17-15-11)7-14-13(16)10-3-4-18-8-10/h3-4,6,8-9H,5,7H2,1-2H3,(H,14,16). The number of thiophene rings is 1. The number of aromatic nitrogens is 1. The van der Waals surface area contributed by atoms with Gasteiger partial charge in [-0.2, -0.15) is 11.3 Å². The average molecular weight is 264 g/mol. The van der Waals surface area contributed by atoms with Gasteiger partial charge in [0.2, 0.25) is 0 Å². The van der Waals surface area contributed by atoms with Gasteiger partial charge < -0.3 is 9.84 Å². The van der Waals surface area contributed by atoms with Crippen LogP contribution in [-0.2, 0) is 13.0 Å². The largest absolute Gasteiger partial charge is 0.359 e. The Morgan fingerprint density at radius 2 is 2.39 bits per heavy atom. The second-order valence-corrected chi connectivity index (χ2v) is 5.36. The maximum absolute atomic E-state index is 11.7. The zero-order valence-electron chi connectivity index (χ0n) is 10.5. The lowest BCUT2D eigenvalue weighted by Crippen LogP contribution is -2.21. The van der Waals surface area contributed by atoms with Crippen LogP contribution in [0.25, 0.3) is 0 Å². The van der Waals surface area contributed by atoms with E-state index in [1.54, 1.807) is 6.07 Å². The van der Waals surface area contributed by atoms with Crippen molar-refractivity contribution in [3.8, 4) is 0 Å². The van der Waals surface area contributed by atoms with Crippen LogP contribution in [0.1, 0.15) is 35.7 Å². The van der Waals surface area contributed by atoms with E-state index in [0.29, 0.717) is 23.8 Å². The highest BCUT2D eigenvalue weighted by Gasteiger charge is 2.09. The normalized spacial score (nSPS) is 10.8. The molecule has 0 aliphatic rings. The third kappa shape index (κ3) is 3.43. The summed E-state index contributed by atoms with van der Waals surface area (Å²) >= 11 is 1.50. The molecular weight excluding hydrogens is 248 g/mol. The molecule has 2 rings (SSSR count). The molecule has 0 spiro atoms. The van der Waals surface area contributed by atoms with E-state index in [2.05, 4.69) is 24.3 Å². The Kier molecular flexibility index (Phi) is 4.15. The van der Waals surface area contributed by atoms with E-state index in [1.807, 2.05) is 16.8 Å². The quantitative estimate of drug-likeness (QED) is 0.903. The predicted molar refractivity (Wildman–Crippen MR) is 70.5 cm³/mol. The molecule has 0 aliphatic carbocycles. The fraction of sp³-hybridized carbons (Fsp3) is 0.385. The Hall–Kier alpha value is -1.62. The van der Waals surface area contributed by atoms with Crippen LogP contribution in [-0.4, -0.2) is 11.1 Å². The lowest BCUT2D eigenvalue weighted by atomic mass is 10.1. The van der Waals surface area contributed by atoms with Gasteiger partial charge in [0.25, 0.3) is 5.91 Å². The molecule has 0 saturated carbocycles. The van der Waals surface area contributed by atoms with Gasteiger partial charge in [0.05, 0.1) is 12.2 Å². The Labute approximate surface area is 110 Å². The second-order valence-electron chi connectivity index (χ2n) is 4.58. The Morgan fingerprint density at radius 3 is 3.06 bits per heavy atom. The van der Waals surface area contributed by atoms with E-state index in [4.69, 9.17) is 4.52 Å². The van der Waals surface area contributed by atoms with Crippen LogP contribution >= 0.6 is 11.3 Å². The molecule has 1 amide bonds. The van der Waals surface area contributed by atoms with Crippen LogP contribution in [0.3, 0.4) is 0 Å². The van der Waals surface area contributed by atoms with Gasteiger partial charge in [-0.05, 0) is 23.8 Å². The molecule has 18 heavy (non-hydrogen) atoms. The summed E-state index contributed by atoms with van der Waals surface area (Å²) in [5.41, 5.74) is 1.62. The van der Waals surface area contributed by atoms with Gasteiger partial charge in [-0.15, -0.1) is 0 Å². The number of amides is 1. The minimum absolute atomic E-state index is 0.0851. The molecular formula is C13H16N2O2S. The van der Waals surface area contributed by atoms with E-state index in [0.717, 1.165) is 12.1 Å². The summed E-state index contributed by atoms with van der Waals surface area (Å²) in [4.78, 5) is 11.7. The van der Waals surface area contributed by atoms with Gasteiger partial charge in [-0.25, -0.2) is 0 Å². The third-order valence-corrected chi connectivity index (χ3v) is 3.11. The zero-order chi connectivity index (χ0) is 13.0. The molecule has 0 saturated heterocycles. The molecule has 4 nitrogen and oxygen atoms in total. The van der Waals surface area contributed by atoms with Crippen LogP contribution in [0, 0.1) is 5.92 Å². The SMILES string of the molecule is CC(C)Cc1cc(CNC(=O)c2ccsc2)on1.